The number of nitro benzene ring substituents is 1. The molecule has 2 aromatic rings. The van der Waals surface area contributed by atoms with Gasteiger partial charge in [0.15, 0.2) is 0 Å². The van der Waals surface area contributed by atoms with Crippen molar-refractivity contribution in [2.24, 2.45) is 0 Å². The highest BCUT2D eigenvalue weighted by molar-refractivity contribution is 5.98. The average molecular weight is 553 g/mol. The number of aryl methyl sites for hydroxylation is 1. The Labute approximate surface area is 230 Å². The number of hydrogen-bond acceptors (Lipinski definition) is 7. The first kappa shape index (κ1) is 28.3. The molecule has 2 aromatic carbocycles. The van der Waals surface area contributed by atoms with Gasteiger partial charge in [0.25, 0.3) is 11.6 Å². The fraction of sp³-hybridized carbons (Fsp3) is 0.407. The number of para-hydroxylation sites is 1. The molecule has 40 heavy (non-hydrogen) atoms. The molecule has 1 spiro atoms. The highest BCUT2D eigenvalue weighted by atomic mass is 16.6. The number of nitrogens with zero attached hydrogens (tertiary/aromatic N) is 4. The molecule has 212 valence electrons. The summed E-state index contributed by atoms with van der Waals surface area (Å²) in [4.78, 5) is 66.7. The number of aliphatic carboxylic acids is 1. The molecule has 4 rings (SSSR count). The molecular weight excluding hydrogens is 520 g/mol. The summed E-state index contributed by atoms with van der Waals surface area (Å²) >= 11 is 0. The zero-order valence-corrected chi connectivity index (χ0v) is 22.3. The molecule has 2 heterocycles. The van der Waals surface area contributed by atoms with Gasteiger partial charge in [0, 0.05) is 43.0 Å². The number of rotatable bonds is 8. The minimum absolute atomic E-state index is 0.0292. The van der Waals surface area contributed by atoms with E-state index in [0.717, 1.165) is 11.8 Å². The Morgan fingerprint density at radius 2 is 1.80 bits per heavy atom. The van der Waals surface area contributed by atoms with Crippen LogP contribution in [-0.2, 0) is 9.59 Å². The second-order valence-corrected chi connectivity index (χ2v) is 9.89. The first-order valence-corrected chi connectivity index (χ1v) is 13.0. The van der Waals surface area contributed by atoms with Gasteiger partial charge in [-0.15, -0.1) is 0 Å². The molecule has 2 aliphatic rings. The Balaban J connectivity index is 1.38. The maximum atomic E-state index is 13.4. The van der Waals surface area contributed by atoms with Gasteiger partial charge in [-0.3, -0.25) is 19.7 Å². The third-order valence-electron chi connectivity index (χ3n) is 7.58. The quantitative estimate of drug-likeness (QED) is 0.330. The number of carboxylic acids is 1. The van der Waals surface area contributed by atoms with E-state index in [1.807, 2.05) is 37.3 Å². The summed E-state index contributed by atoms with van der Waals surface area (Å²) in [5, 5.41) is 25.6. The maximum absolute atomic E-state index is 13.4. The minimum atomic E-state index is -1.46. The predicted molar refractivity (Wildman–Crippen MR) is 145 cm³/mol. The lowest BCUT2D eigenvalue weighted by atomic mass is 9.85. The number of likely N-dealkylation sites (tertiary alicyclic amines) is 1. The number of hydrogen-bond donors (Lipinski definition) is 3. The summed E-state index contributed by atoms with van der Waals surface area (Å²) in [5.41, 5.74) is 0.280. The standard InChI is InChI=1S/C27H32N6O7/c1-3-30-17-32(19-7-5-4-6-8-19)27(25(30)37)11-13-31(14-12-27)26(38)28-16-22(24(35)36)29-23(34)21-15-20(33(39)40)10-9-18(21)2/h4-10,15,22H,3,11-14,16-17H2,1-2H3,(H,28,38)(H,29,34)(H,35,36). The van der Waals surface area contributed by atoms with Crippen molar-refractivity contribution in [2.45, 2.75) is 38.3 Å². The van der Waals surface area contributed by atoms with Crippen molar-refractivity contribution >= 4 is 35.2 Å². The number of likely N-dealkylation sites (N-methyl/N-ethyl adjacent to an activating group) is 1. The number of non-ortho nitro benzene ring substituents is 1. The molecule has 13 heteroatoms. The van der Waals surface area contributed by atoms with Crippen molar-refractivity contribution in [1.29, 1.82) is 0 Å². The van der Waals surface area contributed by atoms with Crippen LogP contribution in [0, 0.1) is 17.0 Å². The monoisotopic (exact) mass is 552 g/mol. The average Bonchev–Trinajstić information content (AvgIpc) is 3.22. The number of carboxylic acid groups (broad SMARTS) is 1. The molecule has 0 bridgehead atoms. The van der Waals surface area contributed by atoms with Gasteiger partial charge < -0.3 is 30.4 Å². The van der Waals surface area contributed by atoms with Crippen LogP contribution in [0.1, 0.15) is 35.7 Å². The first-order valence-electron chi connectivity index (χ1n) is 13.0. The van der Waals surface area contributed by atoms with E-state index >= 15 is 0 Å². The molecule has 1 unspecified atom stereocenters. The Kier molecular flexibility index (Phi) is 8.21. The van der Waals surface area contributed by atoms with Gasteiger partial charge in [-0.05, 0) is 44.4 Å². The van der Waals surface area contributed by atoms with E-state index in [-0.39, 0.29) is 30.2 Å². The normalized spacial score (nSPS) is 17.1. The number of anilines is 1. The van der Waals surface area contributed by atoms with E-state index < -0.39 is 41.0 Å². The third kappa shape index (κ3) is 5.53. The second kappa shape index (κ2) is 11.6. The number of benzene rings is 2. The molecule has 2 aliphatic heterocycles. The Hall–Kier alpha value is -4.68. The van der Waals surface area contributed by atoms with Crippen LogP contribution >= 0.6 is 0 Å². The molecule has 0 aliphatic carbocycles. The van der Waals surface area contributed by atoms with E-state index in [2.05, 4.69) is 15.5 Å². The number of nitro groups is 1. The summed E-state index contributed by atoms with van der Waals surface area (Å²) in [6.07, 6.45) is 0.825. The van der Waals surface area contributed by atoms with Crippen LogP contribution in [0.5, 0.6) is 0 Å². The van der Waals surface area contributed by atoms with Crippen LogP contribution < -0.4 is 15.5 Å². The smallest absolute Gasteiger partial charge is 0.328 e. The van der Waals surface area contributed by atoms with Gasteiger partial charge in [-0.1, -0.05) is 24.3 Å². The molecule has 1 atom stereocenters. The SMILES string of the molecule is CCN1CN(c2ccccc2)C2(CCN(C(=O)NCC(NC(=O)c3cc([N+](=O)[O-])ccc3C)C(=O)O)CC2)C1=O. The van der Waals surface area contributed by atoms with Crippen molar-refractivity contribution in [1.82, 2.24) is 20.4 Å². The van der Waals surface area contributed by atoms with Crippen LogP contribution in [0.4, 0.5) is 16.2 Å². The lowest BCUT2D eigenvalue weighted by Crippen LogP contribution is -2.59. The van der Waals surface area contributed by atoms with Crippen molar-refractivity contribution in [3.63, 3.8) is 0 Å². The van der Waals surface area contributed by atoms with Crippen LogP contribution in [0.3, 0.4) is 0 Å². The van der Waals surface area contributed by atoms with E-state index in [1.165, 1.54) is 17.0 Å². The molecule has 0 aromatic heterocycles. The van der Waals surface area contributed by atoms with Crippen LogP contribution in [-0.4, -0.2) is 88.1 Å². The zero-order chi connectivity index (χ0) is 29.0. The van der Waals surface area contributed by atoms with Crippen molar-refractivity contribution in [2.75, 3.05) is 37.7 Å². The highest BCUT2D eigenvalue weighted by Gasteiger charge is 2.53. The third-order valence-corrected chi connectivity index (χ3v) is 7.58. The number of piperidine rings is 1. The van der Waals surface area contributed by atoms with Crippen LogP contribution in [0.15, 0.2) is 48.5 Å². The van der Waals surface area contributed by atoms with Gasteiger partial charge >= 0.3 is 12.0 Å². The zero-order valence-electron chi connectivity index (χ0n) is 22.3. The Morgan fingerprint density at radius 1 is 1.12 bits per heavy atom. The van der Waals surface area contributed by atoms with E-state index in [9.17, 15) is 34.4 Å². The van der Waals surface area contributed by atoms with Gasteiger partial charge in [0.05, 0.1) is 18.1 Å². The molecule has 13 nitrogen and oxygen atoms in total. The summed E-state index contributed by atoms with van der Waals surface area (Å²) in [6, 6.07) is 11.4. The lowest BCUT2D eigenvalue weighted by molar-refractivity contribution is -0.384. The van der Waals surface area contributed by atoms with E-state index in [4.69, 9.17) is 0 Å². The Morgan fingerprint density at radius 3 is 2.40 bits per heavy atom. The molecule has 0 radical (unpaired) electrons. The molecular formula is C27H32N6O7. The largest absolute Gasteiger partial charge is 0.480 e. The minimum Gasteiger partial charge on any atom is -0.480 e. The summed E-state index contributed by atoms with van der Waals surface area (Å²) in [6.45, 7) is 4.73. The van der Waals surface area contributed by atoms with E-state index in [0.29, 0.717) is 31.6 Å². The first-order chi connectivity index (χ1) is 19.1. The van der Waals surface area contributed by atoms with Gasteiger partial charge in [-0.2, -0.15) is 0 Å². The van der Waals surface area contributed by atoms with Crippen molar-refractivity contribution in [3.05, 3.63) is 69.8 Å². The van der Waals surface area contributed by atoms with Crippen LogP contribution in [0.2, 0.25) is 0 Å². The van der Waals surface area contributed by atoms with Gasteiger partial charge in [-0.25, -0.2) is 9.59 Å². The number of amides is 4. The van der Waals surface area contributed by atoms with E-state index in [1.54, 1.807) is 11.8 Å². The van der Waals surface area contributed by atoms with Gasteiger partial charge in [0.1, 0.15) is 11.6 Å². The fourth-order valence-electron chi connectivity index (χ4n) is 5.23. The topological polar surface area (TPSA) is 165 Å². The summed E-state index contributed by atoms with van der Waals surface area (Å²) < 4.78 is 0. The maximum Gasteiger partial charge on any atom is 0.328 e. The summed E-state index contributed by atoms with van der Waals surface area (Å²) in [7, 11) is 0. The molecule has 3 N–H and O–H groups in total. The summed E-state index contributed by atoms with van der Waals surface area (Å²) in [5.74, 6) is -2.14. The predicted octanol–water partition coefficient (Wildman–Crippen LogP) is 1.96. The highest BCUT2D eigenvalue weighted by Crippen LogP contribution is 2.39. The molecule has 4 amide bonds. The number of carbonyl (C=O) groups excluding carboxylic acids is 3. The van der Waals surface area contributed by atoms with Crippen molar-refractivity contribution in [3.8, 4) is 0 Å². The fourth-order valence-corrected chi connectivity index (χ4v) is 5.23. The van der Waals surface area contributed by atoms with Crippen molar-refractivity contribution < 1.29 is 29.2 Å². The second-order valence-electron chi connectivity index (χ2n) is 9.89. The van der Waals surface area contributed by atoms with Crippen LogP contribution in [0.25, 0.3) is 0 Å². The lowest BCUT2D eigenvalue weighted by Gasteiger charge is -2.43. The van der Waals surface area contributed by atoms with Gasteiger partial charge in [0.2, 0.25) is 5.91 Å². The molecule has 2 saturated heterocycles. The number of urea groups is 1. The molecule has 0 saturated carbocycles. The number of nitrogens with one attached hydrogen (secondary N) is 2. The molecule has 2 fully saturated rings. The Bertz CT molecular complexity index is 1310. The number of carbonyl (C=O) groups is 4.